The van der Waals surface area contributed by atoms with Crippen molar-refractivity contribution in [1.29, 1.82) is 0 Å². The molecule has 2 heterocycles. The van der Waals surface area contributed by atoms with E-state index in [4.69, 9.17) is 4.74 Å². The van der Waals surface area contributed by atoms with E-state index in [1.165, 1.54) is 27.6 Å². The van der Waals surface area contributed by atoms with Crippen LogP contribution in [0, 0.1) is 0 Å². The van der Waals surface area contributed by atoms with Crippen molar-refractivity contribution in [2.24, 2.45) is 0 Å². The lowest BCUT2D eigenvalue weighted by Crippen LogP contribution is -2.18. The van der Waals surface area contributed by atoms with Crippen LogP contribution in [0.5, 0.6) is 0 Å². The van der Waals surface area contributed by atoms with Gasteiger partial charge in [-0.2, -0.15) is 0 Å². The first kappa shape index (κ1) is 18.6. The highest BCUT2D eigenvalue weighted by atomic mass is 79.9. The largest absolute Gasteiger partial charge is 0.459 e. The van der Waals surface area contributed by atoms with Crippen molar-refractivity contribution in [2.45, 2.75) is 52.1 Å². The van der Waals surface area contributed by atoms with E-state index >= 15 is 0 Å². The van der Waals surface area contributed by atoms with Crippen LogP contribution in [0.1, 0.15) is 63.6 Å². The molecule has 0 spiro atoms. The summed E-state index contributed by atoms with van der Waals surface area (Å²) in [5, 5.41) is 5.43. The van der Waals surface area contributed by atoms with Crippen LogP contribution in [0.3, 0.4) is 0 Å². The van der Waals surface area contributed by atoms with E-state index in [-0.39, 0.29) is 18.0 Å². The summed E-state index contributed by atoms with van der Waals surface area (Å²) in [5.41, 5.74) is 1.62. The molecule has 1 N–H and O–H groups in total. The lowest BCUT2D eigenvalue weighted by Gasteiger charge is -2.15. The van der Waals surface area contributed by atoms with Gasteiger partial charge in [0, 0.05) is 14.7 Å². The molecule has 1 atom stereocenters. The zero-order chi connectivity index (χ0) is 18.0. The Balaban J connectivity index is 1.91. The topological polar surface area (TPSA) is 55.4 Å². The molecule has 0 bridgehead atoms. The molecule has 0 radical (unpaired) electrons. The first-order valence-electron chi connectivity index (χ1n) is 8.40. The van der Waals surface area contributed by atoms with Crippen LogP contribution in [0.2, 0.25) is 0 Å². The molecule has 0 saturated carbocycles. The number of amides is 1. The number of ether oxygens (including phenoxy) is 1. The number of hydrogen-bond donors (Lipinski definition) is 1. The highest BCUT2D eigenvalue weighted by Gasteiger charge is 2.28. The first-order valence-corrected chi connectivity index (χ1v) is 10.9. The fourth-order valence-electron chi connectivity index (χ4n) is 2.79. The van der Waals surface area contributed by atoms with Crippen molar-refractivity contribution in [3.63, 3.8) is 0 Å². The van der Waals surface area contributed by atoms with Crippen molar-refractivity contribution in [2.75, 3.05) is 5.32 Å². The third kappa shape index (κ3) is 4.15. The normalized spacial score (nSPS) is 14.7. The lowest BCUT2D eigenvalue weighted by molar-refractivity contribution is 0.0335. The van der Waals surface area contributed by atoms with Gasteiger partial charge in [0.15, 0.2) is 0 Å². The fraction of sp³-hybridized carbons (Fsp3) is 0.444. The second-order valence-corrected chi connectivity index (χ2v) is 9.05. The number of aryl methyl sites for hydroxylation is 1. The number of carbonyl (C=O) groups is 2. The van der Waals surface area contributed by atoms with Crippen LogP contribution in [-0.4, -0.2) is 18.0 Å². The van der Waals surface area contributed by atoms with Crippen molar-refractivity contribution >= 4 is 55.5 Å². The van der Waals surface area contributed by atoms with E-state index in [0.717, 1.165) is 42.1 Å². The number of thiophene rings is 2. The molecule has 0 aliphatic heterocycles. The van der Waals surface area contributed by atoms with Crippen LogP contribution in [0.4, 0.5) is 5.00 Å². The van der Waals surface area contributed by atoms with E-state index in [9.17, 15) is 9.59 Å². The van der Waals surface area contributed by atoms with Crippen LogP contribution in [0.15, 0.2) is 15.9 Å². The molecule has 2 aromatic heterocycles. The molecule has 1 aliphatic carbocycles. The number of esters is 1. The standard InChI is InChI=1S/C18H20BrNO3S2/c1-3-10(2)23-18(22)15-12-6-4-5-7-13(12)25-17(15)20-16(21)14-8-11(19)9-24-14/h8-10H,3-7H2,1-2H3,(H,20,21)/t10-/m1/s1. The summed E-state index contributed by atoms with van der Waals surface area (Å²) >= 11 is 6.25. The Morgan fingerprint density at radius 3 is 2.80 bits per heavy atom. The van der Waals surface area contributed by atoms with Gasteiger partial charge in [-0.25, -0.2) is 4.79 Å². The van der Waals surface area contributed by atoms with Crippen LogP contribution >= 0.6 is 38.6 Å². The van der Waals surface area contributed by atoms with Gasteiger partial charge in [-0.05, 0) is 66.6 Å². The number of fused-ring (bicyclic) bond motifs is 1. The fourth-order valence-corrected chi connectivity index (χ4v) is 5.39. The SMILES string of the molecule is CC[C@@H](C)OC(=O)c1c(NC(=O)c2cc(Br)cs2)sc2c1CCCC2. The number of hydrogen-bond acceptors (Lipinski definition) is 5. The maximum Gasteiger partial charge on any atom is 0.341 e. The molecule has 7 heteroatoms. The van der Waals surface area contributed by atoms with Crippen molar-refractivity contribution < 1.29 is 14.3 Å². The van der Waals surface area contributed by atoms with E-state index in [2.05, 4.69) is 21.2 Å². The zero-order valence-corrected chi connectivity index (χ0v) is 17.4. The van der Waals surface area contributed by atoms with Crippen LogP contribution < -0.4 is 5.32 Å². The highest BCUT2D eigenvalue weighted by molar-refractivity contribution is 9.10. The molecule has 3 rings (SSSR count). The summed E-state index contributed by atoms with van der Waals surface area (Å²) in [7, 11) is 0. The Labute approximate surface area is 163 Å². The third-order valence-electron chi connectivity index (χ3n) is 4.28. The molecule has 0 fully saturated rings. The van der Waals surface area contributed by atoms with E-state index in [1.54, 1.807) is 6.07 Å². The van der Waals surface area contributed by atoms with Gasteiger partial charge in [-0.15, -0.1) is 22.7 Å². The molecule has 2 aromatic rings. The third-order valence-corrected chi connectivity index (χ3v) is 7.17. The Morgan fingerprint density at radius 2 is 2.12 bits per heavy atom. The van der Waals surface area contributed by atoms with Gasteiger partial charge in [-0.1, -0.05) is 6.92 Å². The molecule has 0 aromatic carbocycles. The number of rotatable bonds is 5. The number of halogens is 1. The molecule has 4 nitrogen and oxygen atoms in total. The molecular weight excluding hydrogens is 422 g/mol. The quantitative estimate of drug-likeness (QED) is 0.608. The predicted molar refractivity (Wildman–Crippen MR) is 106 cm³/mol. The Kier molecular flexibility index (Phi) is 5.96. The van der Waals surface area contributed by atoms with Gasteiger partial charge >= 0.3 is 5.97 Å². The smallest absolute Gasteiger partial charge is 0.341 e. The second kappa shape index (κ2) is 8.01. The molecule has 0 saturated heterocycles. The molecule has 25 heavy (non-hydrogen) atoms. The Morgan fingerprint density at radius 1 is 1.36 bits per heavy atom. The van der Waals surface area contributed by atoms with E-state index in [0.29, 0.717) is 15.4 Å². The van der Waals surface area contributed by atoms with Crippen molar-refractivity contribution in [3.05, 3.63) is 36.8 Å². The van der Waals surface area contributed by atoms with Crippen LogP contribution in [-0.2, 0) is 17.6 Å². The predicted octanol–water partition coefficient (Wildman–Crippen LogP) is 5.66. The van der Waals surface area contributed by atoms with E-state index < -0.39 is 0 Å². The van der Waals surface area contributed by atoms with Gasteiger partial charge < -0.3 is 10.1 Å². The van der Waals surface area contributed by atoms with Gasteiger partial charge in [0.2, 0.25) is 0 Å². The minimum Gasteiger partial charge on any atom is -0.459 e. The molecular formula is C18H20BrNO3S2. The van der Waals surface area contributed by atoms with E-state index in [1.807, 2.05) is 19.2 Å². The monoisotopic (exact) mass is 441 g/mol. The van der Waals surface area contributed by atoms with Gasteiger partial charge in [0.25, 0.3) is 5.91 Å². The summed E-state index contributed by atoms with van der Waals surface area (Å²) in [4.78, 5) is 27.1. The van der Waals surface area contributed by atoms with Gasteiger partial charge in [-0.3, -0.25) is 4.79 Å². The zero-order valence-electron chi connectivity index (χ0n) is 14.2. The molecule has 0 unspecified atom stereocenters. The molecule has 134 valence electrons. The first-order chi connectivity index (χ1) is 12.0. The van der Waals surface area contributed by atoms with Crippen molar-refractivity contribution in [1.82, 2.24) is 0 Å². The summed E-state index contributed by atoms with van der Waals surface area (Å²) in [6, 6.07) is 1.78. The summed E-state index contributed by atoms with van der Waals surface area (Å²) in [5.74, 6) is -0.511. The van der Waals surface area contributed by atoms with Crippen LogP contribution in [0.25, 0.3) is 0 Å². The minimum absolute atomic E-state index is 0.136. The maximum atomic E-state index is 12.7. The number of nitrogens with one attached hydrogen (secondary N) is 1. The van der Waals surface area contributed by atoms with Gasteiger partial charge in [0.1, 0.15) is 5.00 Å². The minimum atomic E-state index is -0.323. The Bertz CT molecular complexity index is 796. The molecule has 1 amide bonds. The number of carbonyl (C=O) groups excluding carboxylic acids is 2. The average Bonchev–Trinajstić information content (AvgIpc) is 3.17. The maximum absolute atomic E-state index is 12.7. The molecule has 1 aliphatic rings. The summed E-state index contributed by atoms with van der Waals surface area (Å²) in [6.07, 6.45) is 4.66. The average molecular weight is 442 g/mol. The summed E-state index contributed by atoms with van der Waals surface area (Å²) < 4.78 is 6.43. The summed E-state index contributed by atoms with van der Waals surface area (Å²) in [6.45, 7) is 3.87. The second-order valence-electron chi connectivity index (χ2n) is 6.12. The highest BCUT2D eigenvalue weighted by Crippen LogP contribution is 2.39. The van der Waals surface area contributed by atoms with Crippen molar-refractivity contribution in [3.8, 4) is 0 Å². The number of anilines is 1. The Hall–Kier alpha value is -1.18. The lowest BCUT2D eigenvalue weighted by atomic mass is 9.95. The van der Waals surface area contributed by atoms with Gasteiger partial charge in [0.05, 0.1) is 16.5 Å².